The molecule has 0 N–H and O–H groups in total. The molecular formula is C25H16BrN3OS. The lowest BCUT2D eigenvalue weighted by molar-refractivity contribution is 0.0951. The third-order valence-corrected chi connectivity index (χ3v) is 7.85. The summed E-state index contributed by atoms with van der Waals surface area (Å²) in [6.07, 6.45) is 3.86. The molecule has 0 unspecified atom stereocenters. The summed E-state index contributed by atoms with van der Waals surface area (Å²) >= 11 is 4.98. The summed E-state index contributed by atoms with van der Waals surface area (Å²) < 4.78 is 0.902. The normalized spacial score (nSPS) is 22.8. The number of halogens is 1. The molecule has 0 aliphatic carbocycles. The Bertz CT molecular complexity index is 1270. The summed E-state index contributed by atoms with van der Waals surface area (Å²) in [6.45, 7) is 0. The van der Waals surface area contributed by atoms with Gasteiger partial charge >= 0.3 is 0 Å². The highest BCUT2D eigenvalue weighted by Crippen LogP contribution is 2.56. The van der Waals surface area contributed by atoms with E-state index in [2.05, 4.69) is 28.1 Å². The van der Waals surface area contributed by atoms with Crippen LogP contribution in [0.15, 0.2) is 76.6 Å². The van der Waals surface area contributed by atoms with E-state index >= 15 is 0 Å². The van der Waals surface area contributed by atoms with Gasteiger partial charge in [-0.05, 0) is 39.7 Å². The van der Waals surface area contributed by atoms with Gasteiger partial charge in [0.15, 0.2) is 11.2 Å². The van der Waals surface area contributed by atoms with Crippen molar-refractivity contribution in [2.75, 3.05) is 4.90 Å². The first-order valence-electron chi connectivity index (χ1n) is 9.83. The Morgan fingerprint density at radius 3 is 2.39 bits per heavy atom. The third kappa shape index (κ3) is 2.87. The van der Waals surface area contributed by atoms with E-state index < -0.39 is 23.4 Å². The number of nitrogens with zero attached hydrogens (tertiary/aromatic N) is 3. The van der Waals surface area contributed by atoms with Crippen LogP contribution in [0.5, 0.6) is 0 Å². The van der Waals surface area contributed by atoms with E-state index in [1.165, 1.54) is 11.3 Å². The summed E-state index contributed by atoms with van der Waals surface area (Å²) in [5, 5.41) is 20.7. The van der Waals surface area contributed by atoms with Crippen LogP contribution in [0.1, 0.15) is 26.7 Å². The molecule has 1 fully saturated rings. The van der Waals surface area contributed by atoms with E-state index in [9.17, 15) is 15.3 Å². The molecule has 0 bridgehead atoms. The van der Waals surface area contributed by atoms with Gasteiger partial charge in [0.1, 0.15) is 6.04 Å². The number of anilines is 1. The Morgan fingerprint density at radius 1 is 1.00 bits per heavy atom. The molecule has 3 aromatic rings. The number of benzene rings is 2. The fourth-order valence-electron chi connectivity index (χ4n) is 4.81. The maximum absolute atomic E-state index is 13.9. The van der Waals surface area contributed by atoms with E-state index in [4.69, 9.17) is 0 Å². The molecule has 6 heteroatoms. The van der Waals surface area contributed by atoms with E-state index in [0.717, 1.165) is 19.9 Å². The zero-order valence-corrected chi connectivity index (χ0v) is 18.7. The number of thiophene rings is 1. The van der Waals surface area contributed by atoms with Crippen molar-refractivity contribution in [3.05, 3.63) is 92.6 Å². The lowest BCUT2D eigenvalue weighted by Gasteiger charge is -2.35. The molecule has 0 spiro atoms. The molecule has 3 atom stereocenters. The average Bonchev–Trinajstić information content (AvgIpc) is 3.37. The molecule has 1 saturated heterocycles. The van der Waals surface area contributed by atoms with Crippen LogP contribution in [0.3, 0.4) is 0 Å². The van der Waals surface area contributed by atoms with Crippen molar-refractivity contribution < 1.29 is 4.79 Å². The second kappa shape index (κ2) is 7.50. The van der Waals surface area contributed by atoms with Crippen molar-refractivity contribution in [3.8, 4) is 12.1 Å². The number of Topliss-reactive ketones (excluding diaryl/α,β-unsaturated/α-hetero) is 1. The smallest absolute Gasteiger partial charge is 0.185 e. The zero-order valence-electron chi connectivity index (χ0n) is 16.3. The highest BCUT2D eigenvalue weighted by atomic mass is 79.9. The van der Waals surface area contributed by atoms with Gasteiger partial charge in [0, 0.05) is 16.1 Å². The molecule has 4 nitrogen and oxygen atoms in total. The van der Waals surface area contributed by atoms with Gasteiger partial charge in [-0.25, -0.2) is 0 Å². The monoisotopic (exact) mass is 485 g/mol. The maximum Gasteiger partial charge on any atom is 0.185 e. The SMILES string of the molecule is N#CC1(C#N)[C@@H](c2ccc(Br)s2)[C@@H](C(=O)c2ccccc2)N2c3ccccc3C=C[C@@H]21. The molecule has 0 amide bonds. The minimum atomic E-state index is -1.40. The molecule has 2 aliphatic rings. The molecule has 5 rings (SSSR count). The number of carbonyl (C=O) groups excluding carboxylic acids is 1. The fourth-order valence-corrected chi connectivity index (χ4v) is 6.44. The fraction of sp³-hybridized carbons (Fsp3) is 0.160. The Kier molecular flexibility index (Phi) is 4.78. The Hall–Kier alpha value is -3.19. The summed E-state index contributed by atoms with van der Waals surface area (Å²) in [5.74, 6) is -0.676. The number of ketones is 1. The van der Waals surface area contributed by atoms with Crippen molar-refractivity contribution in [2.45, 2.75) is 18.0 Å². The standard InChI is InChI=1S/C25H16BrN3OS/c26-21-13-11-19(31-21)22-23(24(30)17-7-2-1-3-8-17)29-18-9-5-4-6-16(18)10-12-20(29)25(22,14-27)15-28/h1-13,20,22-23H/t20-,22+,23+/m1/s1. The second-order valence-electron chi connectivity index (χ2n) is 7.66. The Balaban J connectivity index is 1.79. The van der Waals surface area contributed by atoms with Crippen LogP contribution in [0, 0.1) is 28.1 Å². The lowest BCUT2D eigenvalue weighted by Crippen LogP contribution is -2.44. The van der Waals surface area contributed by atoms with Crippen LogP contribution in [0.4, 0.5) is 5.69 Å². The highest BCUT2D eigenvalue weighted by molar-refractivity contribution is 9.11. The molecule has 2 aliphatic heterocycles. The third-order valence-electron chi connectivity index (χ3n) is 6.14. The van der Waals surface area contributed by atoms with Gasteiger partial charge in [0.05, 0.1) is 27.9 Å². The molecule has 150 valence electrons. The first-order chi connectivity index (χ1) is 15.1. The number of carbonyl (C=O) groups is 1. The van der Waals surface area contributed by atoms with Crippen molar-refractivity contribution in [3.63, 3.8) is 0 Å². The zero-order chi connectivity index (χ0) is 21.6. The molecule has 0 radical (unpaired) electrons. The number of para-hydroxylation sites is 1. The largest absolute Gasteiger partial charge is 0.351 e. The molecule has 1 aromatic heterocycles. The van der Waals surface area contributed by atoms with Gasteiger partial charge in [-0.3, -0.25) is 4.79 Å². The molecule has 0 saturated carbocycles. The summed E-state index contributed by atoms with van der Waals surface area (Å²) in [6, 6.07) is 24.2. The average molecular weight is 486 g/mol. The van der Waals surface area contributed by atoms with Crippen LogP contribution < -0.4 is 4.90 Å². The number of nitriles is 2. The molecule has 2 aromatic carbocycles. The molecule has 31 heavy (non-hydrogen) atoms. The number of hydrogen-bond donors (Lipinski definition) is 0. The van der Waals surface area contributed by atoms with Crippen molar-refractivity contribution in [1.82, 2.24) is 0 Å². The first-order valence-corrected chi connectivity index (χ1v) is 11.4. The maximum atomic E-state index is 13.9. The number of hydrogen-bond acceptors (Lipinski definition) is 5. The Morgan fingerprint density at radius 2 is 1.71 bits per heavy atom. The van der Waals surface area contributed by atoms with Crippen LogP contribution in [-0.4, -0.2) is 17.9 Å². The quantitative estimate of drug-likeness (QED) is 0.439. The second-order valence-corrected chi connectivity index (χ2v) is 10.2. The van der Waals surface area contributed by atoms with Gasteiger partial charge in [0.25, 0.3) is 0 Å². The van der Waals surface area contributed by atoms with E-state index in [0.29, 0.717) is 5.56 Å². The lowest BCUT2D eigenvalue weighted by atomic mass is 9.71. The molecular weight excluding hydrogens is 470 g/mol. The molecule has 3 heterocycles. The summed E-state index contributed by atoms with van der Waals surface area (Å²) in [5.41, 5.74) is 1.02. The predicted molar refractivity (Wildman–Crippen MR) is 125 cm³/mol. The number of rotatable bonds is 3. The van der Waals surface area contributed by atoms with Crippen LogP contribution in [-0.2, 0) is 0 Å². The topological polar surface area (TPSA) is 67.9 Å². The summed E-state index contributed by atoms with van der Waals surface area (Å²) in [7, 11) is 0. The number of fused-ring (bicyclic) bond motifs is 3. The van der Waals surface area contributed by atoms with E-state index in [1.807, 2.05) is 71.6 Å². The van der Waals surface area contributed by atoms with Crippen molar-refractivity contribution in [2.24, 2.45) is 5.41 Å². The van der Waals surface area contributed by atoms with Crippen molar-refractivity contribution in [1.29, 1.82) is 10.5 Å². The van der Waals surface area contributed by atoms with Gasteiger partial charge in [0.2, 0.25) is 0 Å². The van der Waals surface area contributed by atoms with Crippen LogP contribution in [0.2, 0.25) is 0 Å². The van der Waals surface area contributed by atoms with E-state index in [-0.39, 0.29) is 5.78 Å². The van der Waals surface area contributed by atoms with Crippen LogP contribution in [0.25, 0.3) is 6.08 Å². The minimum absolute atomic E-state index is 0.0856. The van der Waals surface area contributed by atoms with Gasteiger partial charge in [-0.15, -0.1) is 11.3 Å². The van der Waals surface area contributed by atoms with Gasteiger partial charge < -0.3 is 4.90 Å². The van der Waals surface area contributed by atoms with Crippen LogP contribution >= 0.6 is 27.3 Å². The Labute approximate surface area is 192 Å². The predicted octanol–water partition coefficient (Wildman–Crippen LogP) is 5.79. The van der Waals surface area contributed by atoms with Gasteiger partial charge in [-0.1, -0.05) is 60.7 Å². The van der Waals surface area contributed by atoms with Gasteiger partial charge in [-0.2, -0.15) is 10.5 Å². The first kappa shape index (κ1) is 19.8. The minimum Gasteiger partial charge on any atom is -0.351 e. The summed E-state index contributed by atoms with van der Waals surface area (Å²) in [4.78, 5) is 16.8. The highest BCUT2D eigenvalue weighted by Gasteiger charge is 2.63. The van der Waals surface area contributed by atoms with Crippen molar-refractivity contribution >= 4 is 44.8 Å². The van der Waals surface area contributed by atoms with E-state index in [1.54, 1.807) is 12.1 Å².